The van der Waals surface area contributed by atoms with E-state index in [0.717, 1.165) is 27.6 Å². The van der Waals surface area contributed by atoms with Gasteiger partial charge >= 0.3 is 0 Å². The van der Waals surface area contributed by atoms with Crippen LogP contribution in [0.1, 0.15) is 31.7 Å². The number of carbonyl (C=O) groups excluding carboxylic acids is 1. The third kappa shape index (κ3) is 5.23. The fourth-order valence-electron chi connectivity index (χ4n) is 3.47. The summed E-state index contributed by atoms with van der Waals surface area (Å²) in [7, 11) is -5.99. The minimum atomic E-state index is -3.71. The second kappa shape index (κ2) is 10.0. The van der Waals surface area contributed by atoms with E-state index >= 15 is 0 Å². The minimum Gasteiger partial charge on any atom is -0.339 e. The van der Waals surface area contributed by atoms with Crippen LogP contribution in [0.2, 0.25) is 0 Å². The summed E-state index contributed by atoms with van der Waals surface area (Å²) in [4.78, 5) is 14.4. The maximum atomic E-state index is 13.0. The molecule has 1 fully saturated rings. The minimum absolute atomic E-state index is 0.169. The predicted molar refractivity (Wildman–Crippen MR) is 125 cm³/mol. The topological polar surface area (TPSA) is 95.1 Å². The molecule has 0 aliphatic carbocycles. The van der Waals surface area contributed by atoms with E-state index in [1.54, 1.807) is 23.6 Å². The van der Waals surface area contributed by atoms with Crippen LogP contribution in [-0.4, -0.2) is 76.0 Å². The highest BCUT2D eigenvalue weighted by Crippen LogP contribution is 2.23. The molecule has 0 spiro atoms. The van der Waals surface area contributed by atoms with Crippen LogP contribution in [0.15, 0.2) is 50.9 Å². The molecule has 0 radical (unpaired) electrons. The number of sulfonamides is 2. The molecule has 1 aliphatic rings. The highest BCUT2D eigenvalue weighted by Gasteiger charge is 2.32. The Bertz CT molecular complexity index is 1120. The van der Waals surface area contributed by atoms with Crippen molar-refractivity contribution in [2.45, 2.75) is 35.3 Å². The lowest BCUT2D eigenvalue weighted by Crippen LogP contribution is -2.52. The van der Waals surface area contributed by atoms with Gasteiger partial charge in [-0.1, -0.05) is 32.0 Å². The van der Waals surface area contributed by atoms with Gasteiger partial charge in [-0.15, -0.1) is 11.3 Å². The number of hydrogen-bond acceptors (Lipinski definition) is 6. The standard InChI is InChI=1S/C21H29N3O5S3/c1-4-17(2)18-7-9-19(10-8-18)31(26,27)24-13-11-23(12-14-24)20(25)16-22(3)32(28,29)21-6-5-15-30-21/h5-10,15,17H,4,11-14,16H2,1-3H3. The molecule has 1 amide bonds. The highest BCUT2D eigenvalue weighted by atomic mass is 32.2. The second-order valence-corrected chi connectivity index (χ2v) is 13.0. The Labute approximate surface area is 194 Å². The molecule has 176 valence electrons. The van der Waals surface area contributed by atoms with Crippen LogP contribution in [0, 0.1) is 0 Å². The fraction of sp³-hybridized carbons (Fsp3) is 0.476. The number of carbonyl (C=O) groups is 1. The summed E-state index contributed by atoms with van der Waals surface area (Å²) in [5.74, 6) is 0.0191. The van der Waals surface area contributed by atoms with Gasteiger partial charge in [0.05, 0.1) is 11.4 Å². The molecule has 32 heavy (non-hydrogen) atoms. The molecule has 1 atom stereocenters. The maximum Gasteiger partial charge on any atom is 0.252 e. The average molecular weight is 500 g/mol. The number of thiophene rings is 1. The number of piperazine rings is 1. The van der Waals surface area contributed by atoms with Gasteiger partial charge in [0.25, 0.3) is 10.0 Å². The number of rotatable bonds is 8. The molecule has 1 unspecified atom stereocenters. The number of nitrogens with zero attached hydrogens (tertiary/aromatic N) is 3. The summed E-state index contributed by atoms with van der Waals surface area (Å²) in [5, 5.41) is 1.67. The van der Waals surface area contributed by atoms with E-state index in [1.807, 2.05) is 12.1 Å². The Morgan fingerprint density at radius 3 is 2.22 bits per heavy atom. The molecule has 8 nitrogen and oxygen atoms in total. The lowest BCUT2D eigenvalue weighted by atomic mass is 9.99. The lowest BCUT2D eigenvalue weighted by molar-refractivity contribution is -0.132. The van der Waals surface area contributed by atoms with Crippen molar-refractivity contribution in [3.8, 4) is 0 Å². The zero-order valence-electron chi connectivity index (χ0n) is 18.5. The largest absolute Gasteiger partial charge is 0.339 e. The summed E-state index contributed by atoms with van der Waals surface area (Å²) in [5.41, 5.74) is 1.10. The van der Waals surface area contributed by atoms with E-state index < -0.39 is 20.0 Å². The Hall–Kier alpha value is -1.79. The van der Waals surface area contributed by atoms with Crippen molar-refractivity contribution < 1.29 is 21.6 Å². The molecular formula is C21H29N3O5S3. The average Bonchev–Trinajstić information content (AvgIpc) is 3.34. The second-order valence-electron chi connectivity index (χ2n) is 7.86. The molecule has 0 bridgehead atoms. The van der Waals surface area contributed by atoms with Crippen LogP contribution >= 0.6 is 11.3 Å². The van der Waals surface area contributed by atoms with Crippen LogP contribution in [-0.2, 0) is 24.8 Å². The predicted octanol–water partition coefficient (Wildman–Crippen LogP) is 2.42. The summed E-state index contributed by atoms with van der Waals surface area (Å²) in [6, 6.07) is 10.1. The Balaban J connectivity index is 1.60. The van der Waals surface area contributed by atoms with Gasteiger partial charge in [0.1, 0.15) is 4.21 Å². The van der Waals surface area contributed by atoms with Crippen molar-refractivity contribution in [1.82, 2.24) is 13.5 Å². The quantitative estimate of drug-likeness (QED) is 0.556. The van der Waals surface area contributed by atoms with Gasteiger partial charge in [0.2, 0.25) is 15.9 Å². The summed E-state index contributed by atoms with van der Waals surface area (Å²) < 4.78 is 53.6. The van der Waals surface area contributed by atoms with Crippen LogP contribution < -0.4 is 0 Å². The monoisotopic (exact) mass is 499 g/mol. The number of amides is 1. The van der Waals surface area contributed by atoms with Gasteiger partial charge in [0.15, 0.2) is 0 Å². The SMILES string of the molecule is CCC(C)c1ccc(S(=O)(=O)N2CCN(C(=O)CN(C)S(=O)(=O)c3cccs3)CC2)cc1. The van der Waals surface area contributed by atoms with Gasteiger partial charge in [-0.05, 0) is 41.5 Å². The first kappa shape index (κ1) is 24.8. The molecule has 0 saturated carbocycles. The smallest absolute Gasteiger partial charge is 0.252 e. The normalized spacial score (nSPS) is 16.9. The van der Waals surface area contributed by atoms with Crippen molar-refractivity contribution in [2.75, 3.05) is 39.8 Å². The first-order valence-corrected chi connectivity index (χ1v) is 14.2. The molecule has 1 saturated heterocycles. The Kier molecular flexibility index (Phi) is 7.77. The van der Waals surface area contributed by atoms with Crippen molar-refractivity contribution in [1.29, 1.82) is 0 Å². The van der Waals surface area contributed by atoms with Crippen molar-refractivity contribution in [3.63, 3.8) is 0 Å². The molecule has 3 rings (SSSR count). The Morgan fingerprint density at radius 2 is 1.69 bits per heavy atom. The van der Waals surface area contributed by atoms with Crippen molar-refractivity contribution >= 4 is 37.3 Å². The molecule has 1 aromatic carbocycles. The van der Waals surface area contributed by atoms with Gasteiger partial charge in [-0.2, -0.15) is 8.61 Å². The number of benzene rings is 1. The van der Waals surface area contributed by atoms with Gasteiger partial charge in [0, 0.05) is 33.2 Å². The van der Waals surface area contributed by atoms with Crippen molar-refractivity contribution in [2.24, 2.45) is 0 Å². The first-order valence-electron chi connectivity index (χ1n) is 10.4. The van der Waals surface area contributed by atoms with E-state index in [1.165, 1.54) is 22.3 Å². The molecule has 11 heteroatoms. The Morgan fingerprint density at radius 1 is 1.06 bits per heavy atom. The molecule has 1 aromatic heterocycles. The van der Waals surface area contributed by atoms with E-state index in [4.69, 9.17) is 0 Å². The lowest BCUT2D eigenvalue weighted by Gasteiger charge is -2.34. The molecule has 0 N–H and O–H groups in total. The number of hydrogen-bond donors (Lipinski definition) is 0. The van der Waals surface area contributed by atoms with Gasteiger partial charge in [-0.25, -0.2) is 16.8 Å². The van der Waals surface area contributed by atoms with Gasteiger partial charge < -0.3 is 4.90 Å². The molecule has 2 heterocycles. The van der Waals surface area contributed by atoms with E-state index in [2.05, 4.69) is 13.8 Å². The molecule has 1 aliphatic heterocycles. The highest BCUT2D eigenvalue weighted by molar-refractivity contribution is 7.91. The third-order valence-corrected chi connectivity index (χ3v) is 10.9. The number of likely N-dealkylation sites (N-methyl/N-ethyl adjacent to an activating group) is 1. The summed E-state index contributed by atoms with van der Waals surface area (Å²) in [6.45, 7) is 4.68. The zero-order chi connectivity index (χ0) is 23.5. The van der Waals surface area contributed by atoms with E-state index in [-0.39, 0.29) is 47.7 Å². The van der Waals surface area contributed by atoms with Crippen LogP contribution in [0.3, 0.4) is 0 Å². The fourth-order valence-corrected chi connectivity index (χ4v) is 7.21. The van der Waals surface area contributed by atoms with E-state index in [0.29, 0.717) is 5.92 Å². The summed E-state index contributed by atoms with van der Waals surface area (Å²) >= 11 is 1.10. The van der Waals surface area contributed by atoms with Crippen molar-refractivity contribution in [3.05, 3.63) is 47.3 Å². The molecular weight excluding hydrogens is 470 g/mol. The van der Waals surface area contributed by atoms with Gasteiger partial charge in [-0.3, -0.25) is 4.79 Å². The van der Waals surface area contributed by atoms with Crippen LogP contribution in [0.4, 0.5) is 0 Å². The summed E-state index contributed by atoms with van der Waals surface area (Å²) in [6.07, 6.45) is 0.978. The maximum absolute atomic E-state index is 13.0. The van der Waals surface area contributed by atoms with E-state index in [9.17, 15) is 21.6 Å². The van der Waals surface area contributed by atoms with Crippen LogP contribution in [0.25, 0.3) is 0 Å². The zero-order valence-corrected chi connectivity index (χ0v) is 20.9. The molecule has 2 aromatic rings. The van der Waals surface area contributed by atoms with Crippen LogP contribution in [0.5, 0.6) is 0 Å². The first-order chi connectivity index (χ1) is 15.1. The third-order valence-electron chi connectivity index (χ3n) is 5.81.